The Morgan fingerprint density at radius 1 is 1.21 bits per heavy atom. The van der Waals surface area contributed by atoms with Crippen molar-refractivity contribution in [3.05, 3.63) is 27.6 Å². The minimum Gasteiger partial charge on any atom is -0.361 e. The largest absolute Gasteiger partial charge is 0.361 e. The molecule has 6 nitrogen and oxygen atoms in total. The van der Waals surface area contributed by atoms with E-state index in [1.807, 2.05) is 0 Å². The molecule has 0 fully saturated rings. The zero-order valence-corrected chi connectivity index (χ0v) is 11.8. The smallest absolute Gasteiger partial charge is 0.262 e. The highest BCUT2D eigenvalue weighted by molar-refractivity contribution is 7.17. The van der Waals surface area contributed by atoms with Crippen LogP contribution in [0.3, 0.4) is 0 Å². The van der Waals surface area contributed by atoms with Crippen molar-refractivity contribution >= 4 is 28.2 Å². The molecule has 0 aliphatic heterocycles. The molecule has 0 bridgehead atoms. The lowest BCUT2D eigenvalue weighted by molar-refractivity contribution is 0.101. The van der Waals surface area contributed by atoms with E-state index in [-0.39, 0.29) is 11.7 Å². The molecule has 7 heteroatoms. The lowest BCUT2D eigenvalue weighted by Crippen LogP contribution is -2.13. The summed E-state index contributed by atoms with van der Waals surface area (Å²) in [5.41, 5.74) is 1.54. The van der Waals surface area contributed by atoms with E-state index in [1.54, 1.807) is 20.8 Å². The van der Waals surface area contributed by atoms with Crippen LogP contribution in [0.5, 0.6) is 0 Å². The topological polar surface area (TPSA) is 85.1 Å². The van der Waals surface area contributed by atoms with Gasteiger partial charge in [-0.05, 0) is 20.8 Å². The summed E-state index contributed by atoms with van der Waals surface area (Å²) in [6, 6.07) is 0. The van der Waals surface area contributed by atoms with Crippen molar-refractivity contribution in [3.8, 4) is 0 Å². The first-order valence-electron chi connectivity index (χ1n) is 5.62. The van der Waals surface area contributed by atoms with E-state index in [9.17, 15) is 9.59 Å². The first-order valence-corrected chi connectivity index (χ1v) is 6.44. The molecule has 0 unspecified atom stereocenters. The quantitative estimate of drug-likeness (QED) is 0.872. The fourth-order valence-corrected chi connectivity index (χ4v) is 2.60. The van der Waals surface area contributed by atoms with Gasteiger partial charge in [-0.1, -0.05) is 16.5 Å². The number of carbonyl (C=O) groups excluding carboxylic acids is 2. The van der Waals surface area contributed by atoms with Crippen LogP contribution in [0.2, 0.25) is 0 Å². The second-order valence-electron chi connectivity index (χ2n) is 4.14. The fraction of sp³-hybridized carbons (Fsp3) is 0.333. The second kappa shape index (κ2) is 4.93. The summed E-state index contributed by atoms with van der Waals surface area (Å²) >= 11 is 1.16. The number of nitrogens with zero attached hydrogens (tertiary/aromatic N) is 2. The molecule has 0 aliphatic rings. The summed E-state index contributed by atoms with van der Waals surface area (Å²) < 4.78 is 4.94. The summed E-state index contributed by atoms with van der Waals surface area (Å²) in [7, 11) is 0. The number of anilines is 1. The Labute approximate surface area is 113 Å². The number of hydrogen-bond acceptors (Lipinski definition) is 6. The van der Waals surface area contributed by atoms with Gasteiger partial charge in [-0.3, -0.25) is 14.9 Å². The first kappa shape index (κ1) is 13.4. The van der Waals surface area contributed by atoms with Crippen molar-refractivity contribution in [2.45, 2.75) is 27.7 Å². The van der Waals surface area contributed by atoms with E-state index in [2.05, 4.69) is 15.5 Å². The van der Waals surface area contributed by atoms with Gasteiger partial charge >= 0.3 is 0 Å². The molecule has 0 aliphatic carbocycles. The minimum atomic E-state index is -0.333. The second-order valence-corrected chi connectivity index (χ2v) is 5.14. The molecule has 100 valence electrons. The molecule has 0 radical (unpaired) electrons. The number of Topliss-reactive ketones (excluding diaryl/α,β-unsaturated/α-hetero) is 1. The Morgan fingerprint density at radius 3 is 2.37 bits per heavy atom. The number of aromatic nitrogens is 2. The van der Waals surface area contributed by atoms with Gasteiger partial charge in [-0.15, -0.1) is 0 Å². The van der Waals surface area contributed by atoms with E-state index in [0.717, 1.165) is 11.3 Å². The molecule has 1 amide bonds. The molecule has 19 heavy (non-hydrogen) atoms. The fourth-order valence-electron chi connectivity index (χ4n) is 1.74. The number of ketones is 1. The van der Waals surface area contributed by atoms with Crippen molar-refractivity contribution in [1.29, 1.82) is 0 Å². The Bertz CT molecular complexity index is 638. The standard InChI is InChI=1S/C12H13N3O3S/c1-5-9(8(4)18-15-5)11(17)14-12-13-6(2)10(19-12)7(3)16/h1-4H3,(H,13,14,17). The molecule has 0 saturated heterocycles. The normalized spacial score (nSPS) is 10.5. The number of aryl methyl sites for hydroxylation is 3. The van der Waals surface area contributed by atoms with Gasteiger partial charge in [0, 0.05) is 6.92 Å². The predicted molar refractivity (Wildman–Crippen MR) is 70.8 cm³/mol. The van der Waals surface area contributed by atoms with E-state index in [4.69, 9.17) is 4.52 Å². The molecule has 2 rings (SSSR count). The minimum absolute atomic E-state index is 0.0622. The molecule has 2 heterocycles. The van der Waals surface area contributed by atoms with Crippen LogP contribution >= 0.6 is 11.3 Å². The molecule has 2 aromatic heterocycles. The molecule has 1 N–H and O–H groups in total. The van der Waals surface area contributed by atoms with Gasteiger partial charge in [0.15, 0.2) is 10.9 Å². The maximum atomic E-state index is 12.1. The van der Waals surface area contributed by atoms with Crippen LogP contribution in [0.4, 0.5) is 5.13 Å². The molecule has 0 aromatic carbocycles. The Morgan fingerprint density at radius 2 is 1.89 bits per heavy atom. The van der Waals surface area contributed by atoms with E-state index in [0.29, 0.717) is 32.7 Å². The first-order chi connectivity index (χ1) is 8.90. The molecule has 2 aromatic rings. The van der Waals surface area contributed by atoms with Gasteiger partial charge in [0.05, 0.1) is 16.3 Å². The third-order valence-electron chi connectivity index (χ3n) is 2.60. The van der Waals surface area contributed by atoms with Crippen molar-refractivity contribution in [2.24, 2.45) is 0 Å². The SMILES string of the molecule is CC(=O)c1sc(NC(=O)c2c(C)noc2C)nc1C. The lowest BCUT2D eigenvalue weighted by atomic mass is 10.2. The number of nitrogens with one attached hydrogen (secondary N) is 1. The monoisotopic (exact) mass is 279 g/mol. The van der Waals surface area contributed by atoms with Gasteiger partial charge in [0.25, 0.3) is 5.91 Å². The van der Waals surface area contributed by atoms with Crippen LogP contribution in [0, 0.1) is 20.8 Å². The number of rotatable bonds is 3. The molecular formula is C12H13N3O3S. The van der Waals surface area contributed by atoms with Crippen molar-refractivity contribution in [3.63, 3.8) is 0 Å². The van der Waals surface area contributed by atoms with Crippen molar-refractivity contribution in [2.75, 3.05) is 5.32 Å². The molecule has 0 spiro atoms. The molecule has 0 atom stereocenters. The zero-order valence-electron chi connectivity index (χ0n) is 11.0. The number of thiazole rings is 1. The van der Waals surface area contributed by atoms with Gasteiger partial charge in [0.2, 0.25) is 0 Å². The number of hydrogen-bond donors (Lipinski definition) is 1. The third kappa shape index (κ3) is 2.55. The van der Waals surface area contributed by atoms with Crippen LogP contribution in [0.25, 0.3) is 0 Å². The van der Waals surface area contributed by atoms with E-state index < -0.39 is 0 Å². The number of amides is 1. The maximum absolute atomic E-state index is 12.1. The van der Waals surface area contributed by atoms with Crippen LogP contribution in [-0.2, 0) is 0 Å². The van der Waals surface area contributed by atoms with E-state index >= 15 is 0 Å². The van der Waals surface area contributed by atoms with Crippen LogP contribution in [-0.4, -0.2) is 21.8 Å². The summed E-state index contributed by atoms with van der Waals surface area (Å²) in [4.78, 5) is 28.1. The molecule has 0 saturated carbocycles. The van der Waals surface area contributed by atoms with Crippen molar-refractivity contribution < 1.29 is 14.1 Å². The highest BCUT2D eigenvalue weighted by Crippen LogP contribution is 2.24. The van der Waals surface area contributed by atoms with Gasteiger partial charge in [-0.2, -0.15) is 0 Å². The summed E-state index contributed by atoms with van der Waals surface area (Å²) in [6.45, 7) is 6.57. The Hall–Kier alpha value is -2.02. The highest BCUT2D eigenvalue weighted by atomic mass is 32.1. The van der Waals surface area contributed by atoms with Crippen LogP contribution in [0.15, 0.2) is 4.52 Å². The lowest BCUT2D eigenvalue weighted by Gasteiger charge is -1.99. The molecular weight excluding hydrogens is 266 g/mol. The van der Waals surface area contributed by atoms with Gasteiger partial charge in [-0.25, -0.2) is 4.98 Å². The Balaban J connectivity index is 2.25. The van der Waals surface area contributed by atoms with Crippen LogP contribution in [0.1, 0.15) is 44.1 Å². The third-order valence-corrected chi connectivity index (χ3v) is 3.77. The number of carbonyl (C=O) groups is 2. The average Bonchev–Trinajstić information content (AvgIpc) is 2.82. The van der Waals surface area contributed by atoms with Crippen molar-refractivity contribution in [1.82, 2.24) is 10.1 Å². The van der Waals surface area contributed by atoms with Crippen LogP contribution < -0.4 is 5.32 Å². The average molecular weight is 279 g/mol. The Kier molecular flexibility index (Phi) is 3.48. The highest BCUT2D eigenvalue weighted by Gasteiger charge is 2.20. The summed E-state index contributed by atoms with van der Waals surface area (Å²) in [6.07, 6.45) is 0. The maximum Gasteiger partial charge on any atom is 0.262 e. The zero-order chi connectivity index (χ0) is 14.2. The van der Waals surface area contributed by atoms with E-state index in [1.165, 1.54) is 6.92 Å². The van der Waals surface area contributed by atoms with Gasteiger partial charge in [0.1, 0.15) is 11.3 Å². The predicted octanol–water partition coefficient (Wildman–Crippen LogP) is 2.51. The van der Waals surface area contributed by atoms with Gasteiger partial charge < -0.3 is 4.52 Å². The summed E-state index contributed by atoms with van der Waals surface area (Å²) in [5, 5.41) is 6.78. The summed E-state index contributed by atoms with van der Waals surface area (Å²) in [5.74, 6) is 0.0583.